The molecule has 0 bridgehead atoms. The van der Waals surface area contributed by atoms with Gasteiger partial charge in [-0.1, -0.05) is 6.92 Å². The van der Waals surface area contributed by atoms with E-state index in [4.69, 9.17) is 5.73 Å². The number of aromatic hydroxyl groups is 1. The Morgan fingerprint density at radius 1 is 1.17 bits per heavy atom. The van der Waals surface area contributed by atoms with Gasteiger partial charge >= 0.3 is 0 Å². The number of aliphatic hydroxyl groups is 3. The molecule has 10 nitrogen and oxygen atoms in total. The number of nitrogens with two attached hydrogens (primary N) is 1. The second-order valence-electron chi connectivity index (χ2n) is 9.97. The van der Waals surface area contributed by atoms with E-state index in [1.165, 1.54) is 4.90 Å². The van der Waals surface area contributed by atoms with Crippen molar-refractivity contribution in [3.63, 3.8) is 0 Å². The fraction of sp³-hybridized carbons (Fsp3) is 0.480. The molecule has 10 heteroatoms. The van der Waals surface area contributed by atoms with Crippen molar-refractivity contribution in [1.82, 2.24) is 4.90 Å². The minimum atomic E-state index is -2.63. The first-order valence-electron chi connectivity index (χ1n) is 11.5. The van der Waals surface area contributed by atoms with Gasteiger partial charge in [0.15, 0.2) is 11.4 Å². The molecular formula is C25H31N3O7. The lowest BCUT2D eigenvalue weighted by molar-refractivity contribution is -0.153. The minimum Gasteiger partial charge on any atom is -0.508 e. The number of nitrogens with zero attached hydrogens (tertiary/aromatic N) is 2. The summed E-state index contributed by atoms with van der Waals surface area (Å²) in [6.07, 6.45) is 0.804. The third-order valence-corrected chi connectivity index (χ3v) is 7.64. The van der Waals surface area contributed by atoms with Crippen LogP contribution in [0.3, 0.4) is 0 Å². The molecule has 0 heterocycles. The molecular weight excluding hydrogens is 454 g/mol. The summed E-state index contributed by atoms with van der Waals surface area (Å²) >= 11 is 0. The standard InChI is InChI=1S/C25H31N3O7/c1-6-10-9-14(27(2)3)12-7-11-8-13-18(28(4)5)21(31)17(24(26)34)23(33)25(13,35)22(32)15(11)20(30)16(12)19(10)29/h9,11,13,18,29-30,33,35H,6-8H2,1-5H3,(H2,26,34)/t11-,13-,18-,25-/m0/s1. The molecule has 3 aliphatic carbocycles. The third-order valence-electron chi connectivity index (χ3n) is 7.64. The predicted molar refractivity (Wildman–Crippen MR) is 128 cm³/mol. The van der Waals surface area contributed by atoms with Gasteiger partial charge in [-0.25, -0.2) is 0 Å². The lowest BCUT2D eigenvalue weighted by atomic mass is 9.57. The van der Waals surface area contributed by atoms with Gasteiger partial charge in [0.2, 0.25) is 5.78 Å². The number of fused-ring (bicyclic) bond motifs is 3. The van der Waals surface area contributed by atoms with Gasteiger partial charge in [0.05, 0.1) is 11.6 Å². The molecule has 1 amide bonds. The fourth-order valence-corrected chi connectivity index (χ4v) is 6.01. The van der Waals surface area contributed by atoms with Gasteiger partial charge in [0.25, 0.3) is 5.91 Å². The average Bonchev–Trinajstić information content (AvgIpc) is 2.75. The third kappa shape index (κ3) is 3.20. The minimum absolute atomic E-state index is 0.0644. The zero-order chi connectivity index (χ0) is 26.1. The Hall–Kier alpha value is -3.37. The molecule has 3 aliphatic rings. The van der Waals surface area contributed by atoms with Gasteiger partial charge < -0.3 is 31.1 Å². The summed E-state index contributed by atoms with van der Waals surface area (Å²) in [4.78, 5) is 42.3. The molecule has 1 saturated carbocycles. The number of likely N-dealkylation sites (N-methyl/N-ethyl adjacent to an activating group) is 1. The number of carbonyl (C=O) groups is 3. The number of Topliss-reactive ketones (excluding diaryl/α,β-unsaturated/α-hetero) is 2. The molecule has 4 rings (SSSR count). The Labute approximate surface area is 202 Å². The molecule has 0 spiro atoms. The summed E-state index contributed by atoms with van der Waals surface area (Å²) in [7, 11) is 6.82. The van der Waals surface area contributed by atoms with E-state index in [0.29, 0.717) is 17.5 Å². The van der Waals surface area contributed by atoms with Gasteiger partial charge in [0, 0.05) is 31.3 Å². The molecule has 4 atom stereocenters. The SMILES string of the molecule is CCc1cc(N(C)C)c2c(c1O)C(O)=C1C(=O)[C@]3(O)C(O)=C(C(N)=O)C(=O)[C@@H](N(C)C)[C@@H]3C[C@@H]1C2. The van der Waals surface area contributed by atoms with Crippen molar-refractivity contribution in [2.75, 3.05) is 33.1 Å². The van der Waals surface area contributed by atoms with Crippen molar-refractivity contribution in [1.29, 1.82) is 0 Å². The second-order valence-corrected chi connectivity index (χ2v) is 9.97. The van der Waals surface area contributed by atoms with Crippen molar-refractivity contribution in [2.45, 2.75) is 37.8 Å². The van der Waals surface area contributed by atoms with Crippen LogP contribution in [0, 0.1) is 11.8 Å². The van der Waals surface area contributed by atoms with Gasteiger partial charge in [-0.15, -0.1) is 0 Å². The largest absolute Gasteiger partial charge is 0.508 e. The van der Waals surface area contributed by atoms with E-state index in [2.05, 4.69) is 0 Å². The van der Waals surface area contributed by atoms with E-state index >= 15 is 0 Å². The Bertz CT molecular complexity index is 1230. The van der Waals surface area contributed by atoms with E-state index in [0.717, 1.165) is 5.69 Å². The first-order valence-corrected chi connectivity index (χ1v) is 11.5. The second kappa shape index (κ2) is 8.10. The quantitative estimate of drug-likeness (QED) is 0.384. The molecule has 0 aliphatic heterocycles. The van der Waals surface area contributed by atoms with Crippen molar-refractivity contribution >= 4 is 28.9 Å². The molecule has 0 saturated heterocycles. The first kappa shape index (κ1) is 24.7. The molecule has 1 aromatic rings. The maximum absolute atomic E-state index is 13.8. The number of ketones is 2. The Morgan fingerprint density at radius 2 is 1.80 bits per heavy atom. The van der Waals surface area contributed by atoms with Crippen LogP contribution in [0.2, 0.25) is 0 Å². The van der Waals surface area contributed by atoms with Crippen LogP contribution in [0.5, 0.6) is 5.75 Å². The van der Waals surface area contributed by atoms with Gasteiger partial charge in [0.1, 0.15) is 22.8 Å². The summed E-state index contributed by atoms with van der Waals surface area (Å²) in [6.45, 7) is 1.85. The first-order chi connectivity index (χ1) is 16.3. The van der Waals surface area contributed by atoms with Crippen LogP contribution < -0.4 is 10.6 Å². The maximum Gasteiger partial charge on any atom is 0.255 e. The number of primary amides is 1. The summed E-state index contributed by atoms with van der Waals surface area (Å²) < 4.78 is 0. The molecule has 35 heavy (non-hydrogen) atoms. The van der Waals surface area contributed by atoms with Crippen LogP contribution in [0.4, 0.5) is 5.69 Å². The van der Waals surface area contributed by atoms with Gasteiger partial charge in [-0.2, -0.15) is 0 Å². The zero-order valence-corrected chi connectivity index (χ0v) is 20.4. The number of aliphatic hydroxyl groups excluding tert-OH is 2. The summed E-state index contributed by atoms with van der Waals surface area (Å²) in [5.74, 6) is -6.43. The van der Waals surface area contributed by atoms with E-state index < -0.39 is 58.0 Å². The Morgan fingerprint density at radius 3 is 2.31 bits per heavy atom. The number of carbonyl (C=O) groups excluding carboxylic acids is 3. The van der Waals surface area contributed by atoms with Crippen LogP contribution in [-0.2, 0) is 27.2 Å². The van der Waals surface area contributed by atoms with Crippen LogP contribution in [0.15, 0.2) is 23.0 Å². The molecule has 1 aromatic carbocycles. The van der Waals surface area contributed by atoms with E-state index in [9.17, 15) is 34.8 Å². The number of rotatable bonds is 4. The lowest BCUT2D eigenvalue weighted by Crippen LogP contribution is -2.65. The van der Waals surface area contributed by atoms with Gasteiger partial charge in [-0.05, 0) is 56.5 Å². The van der Waals surface area contributed by atoms with Crippen LogP contribution in [0.25, 0.3) is 5.76 Å². The monoisotopic (exact) mass is 485 g/mol. The van der Waals surface area contributed by atoms with E-state index in [-0.39, 0.29) is 29.7 Å². The van der Waals surface area contributed by atoms with Crippen molar-refractivity contribution in [3.8, 4) is 5.75 Å². The number of phenols is 1. The number of amides is 1. The highest BCUT2D eigenvalue weighted by Gasteiger charge is 2.64. The predicted octanol–water partition coefficient (Wildman–Crippen LogP) is 0.592. The molecule has 0 radical (unpaired) electrons. The Kier molecular flexibility index (Phi) is 5.72. The normalized spacial score (nSPS) is 28.1. The molecule has 188 valence electrons. The molecule has 0 aromatic heterocycles. The Balaban J connectivity index is 2.01. The fourth-order valence-electron chi connectivity index (χ4n) is 6.01. The zero-order valence-electron chi connectivity index (χ0n) is 20.4. The number of phenolic OH excluding ortho intramolecular Hbond substituents is 1. The highest BCUT2D eigenvalue weighted by molar-refractivity contribution is 6.24. The topological polar surface area (TPSA) is 165 Å². The average molecular weight is 486 g/mol. The van der Waals surface area contributed by atoms with Gasteiger partial charge in [-0.3, -0.25) is 19.3 Å². The smallest absolute Gasteiger partial charge is 0.255 e. The number of benzene rings is 1. The van der Waals surface area contributed by atoms with Crippen molar-refractivity contribution < 1.29 is 34.8 Å². The van der Waals surface area contributed by atoms with E-state index in [1.807, 2.05) is 32.0 Å². The summed E-state index contributed by atoms with van der Waals surface area (Å²) in [5.41, 5.74) is 3.85. The lowest BCUT2D eigenvalue weighted by Gasteiger charge is -2.50. The van der Waals surface area contributed by atoms with Crippen molar-refractivity contribution in [2.24, 2.45) is 17.6 Å². The highest BCUT2D eigenvalue weighted by atomic mass is 16.3. The van der Waals surface area contributed by atoms with Crippen molar-refractivity contribution in [3.05, 3.63) is 39.7 Å². The number of aryl methyl sites for hydroxylation is 1. The highest BCUT2D eigenvalue weighted by Crippen LogP contribution is 2.54. The number of hydrogen-bond acceptors (Lipinski definition) is 9. The van der Waals surface area contributed by atoms with Crippen LogP contribution in [0.1, 0.15) is 30.0 Å². The van der Waals surface area contributed by atoms with Crippen LogP contribution >= 0.6 is 0 Å². The summed E-state index contributed by atoms with van der Waals surface area (Å²) in [5, 5.41) is 44.8. The van der Waals surface area contributed by atoms with E-state index in [1.54, 1.807) is 14.1 Å². The molecule has 6 N–H and O–H groups in total. The van der Waals surface area contributed by atoms with Crippen LogP contribution in [-0.4, -0.2) is 82.6 Å². The number of anilines is 1. The maximum atomic E-state index is 13.8. The molecule has 0 unspecified atom stereocenters. The summed E-state index contributed by atoms with van der Waals surface area (Å²) in [6, 6.07) is 0.741. The molecule has 1 fully saturated rings. The number of hydrogen-bond donors (Lipinski definition) is 5.